The lowest BCUT2D eigenvalue weighted by Crippen LogP contribution is -2.11. The standard InChI is InChI=1S/C18H13ClN2O4/c1-11-16(18(22)20-14-6-3-5-13(19)9-14)10-17(25-11)12-4-2-7-15(8-12)21(23)24/h2-10H,1H3,(H,20,22). The summed E-state index contributed by atoms with van der Waals surface area (Å²) in [5.74, 6) is 0.457. The summed E-state index contributed by atoms with van der Waals surface area (Å²) in [6.07, 6.45) is 0. The Morgan fingerprint density at radius 3 is 2.64 bits per heavy atom. The van der Waals surface area contributed by atoms with Gasteiger partial charge in [-0.1, -0.05) is 29.8 Å². The molecule has 7 heteroatoms. The van der Waals surface area contributed by atoms with Gasteiger partial charge in [0.05, 0.1) is 10.5 Å². The maximum absolute atomic E-state index is 12.4. The van der Waals surface area contributed by atoms with Crippen LogP contribution < -0.4 is 5.32 Å². The van der Waals surface area contributed by atoms with E-state index in [0.29, 0.717) is 33.4 Å². The zero-order chi connectivity index (χ0) is 18.0. The van der Waals surface area contributed by atoms with Gasteiger partial charge in [0.1, 0.15) is 11.5 Å². The van der Waals surface area contributed by atoms with Crippen LogP contribution in [0.3, 0.4) is 0 Å². The summed E-state index contributed by atoms with van der Waals surface area (Å²) in [6, 6.07) is 14.4. The Hall–Kier alpha value is -3.12. The number of carbonyl (C=O) groups excluding carboxylic acids is 1. The molecular formula is C18H13ClN2O4. The van der Waals surface area contributed by atoms with Crippen molar-refractivity contribution in [2.75, 3.05) is 5.32 Å². The van der Waals surface area contributed by atoms with Gasteiger partial charge in [0, 0.05) is 28.4 Å². The van der Waals surface area contributed by atoms with E-state index in [9.17, 15) is 14.9 Å². The molecule has 3 rings (SSSR count). The molecule has 126 valence electrons. The van der Waals surface area contributed by atoms with Gasteiger partial charge in [0.25, 0.3) is 11.6 Å². The SMILES string of the molecule is Cc1oc(-c2cccc([N+](=O)[O-])c2)cc1C(=O)Nc1cccc(Cl)c1. The Balaban J connectivity index is 1.88. The number of non-ortho nitro benzene ring substituents is 1. The van der Waals surface area contributed by atoms with Gasteiger partial charge < -0.3 is 9.73 Å². The van der Waals surface area contributed by atoms with Gasteiger partial charge in [0.15, 0.2) is 0 Å². The van der Waals surface area contributed by atoms with Crippen molar-refractivity contribution >= 4 is 28.9 Å². The monoisotopic (exact) mass is 356 g/mol. The van der Waals surface area contributed by atoms with Crippen LogP contribution in [0.4, 0.5) is 11.4 Å². The summed E-state index contributed by atoms with van der Waals surface area (Å²) in [7, 11) is 0. The lowest BCUT2D eigenvalue weighted by Gasteiger charge is -2.04. The van der Waals surface area contributed by atoms with Gasteiger partial charge in [-0.15, -0.1) is 0 Å². The second kappa shape index (κ2) is 6.78. The largest absolute Gasteiger partial charge is 0.461 e. The van der Waals surface area contributed by atoms with Crippen molar-refractivity contribution in [1.29, 1.82) is 0 Å². The number of carbonyl (C=O) groups is 1. The van der Waals surface area contributed by atoms with Crippen LogP contribution >= 0.6 is 11.6 Å². The van der Waals surface area contributed by atoms with Crippen LogP contribution in [0.1, 0.15) is 16.1 Å². The number of hydrogen-bond acceptors (Lipinski definition) is 4. The summed E-state index contributed by atoms with van der Waals surface area (Å²) >= 11 is 5.91. The van der Waals surface area contributed by atoms with Crippen molar-refractivity contribution in [3.8, 4) is 11.3 Å². The molecule has 1 heterocycles. The van der Waals surface area contributed by atoms with Crippen LogP contribution in [0, 0.1) is 17.0 Å². The molecular weight excluding hydrogens is 344 g/mol. The fourth-order valence-electron chi connectivity index (χ4n) is 2.39. The number of nitro groups is 1. The van der Waals surface area contributed by atoms with Gasteiger partial charge in [0.2, 0.25) is 0 Å². The number of benzene rings is 2. The first-order chi connectivity index (χ1) is 11.9. The fraction of sp³-hybridized carbons (Fsp3) is 0.0556. The first kappa shape index (κ1) is 16.7. The zero-order valence-corrected chi connectivity index (χ0v) is 13.9. The molecule has 0 bridgehead atoms. The highest BCUT2D eigenvalue weighted by molar-refractivity contribution is 6.31. The Bertz CT molecular complexity index is 965. The summed E-state index contributed by atoms with van der Waals surface area (Å²) in [4.78, 5) is 22.9. The maximum Gasteiger partial charge on any atom is 0.270 e. The van der Waals surface area contributed by atoms with Crippen LogP contribution in [0.5, 0.6) is 0 Å². The third-order valence-electron chi connectivity index (χ3n) is 3.59. The molecule has 1 amide bonds. The van der Waals surface area contributed by atoms with Gasteiger partial charge in [-0.2, -0.15) is 0 Å². The van der Waals surface area contributed by atoms with E-state index in [1.165, 1.54) is 12.1 Å². The molecule has 0 aliphatic carbocycles. The number of aryl methyl sites for hydroxylation is 1. The van der Waals surface area contributed by atoms with Crippen LogP contribution in [-0.2, 0) is 0 Å². The van der Waals surface area contributed by atoms with Gasteiger partial charge >= 0.3 is 0 Å². The number of anilines is 1. The van der Waals surface area contributed by atoms with E-state index in [1.807, 2.05) is 0 Å². The minimum atomic E-state index is -0.480. The number of halogens is 1. The van der Waals surface area contributed by atoms with E-state index in [1.54, 1.807) is 49.4 Å². The van der Waals surface area contributed by atoms with Crippen molar-refractivity contribution in [3.05, 3.63) is 81.1 Å². The van der Waals surface area contributed by atoms with E-state index in [0.717, 1.165) is 0 Å². The predicted octanol–water partition coefficient (Wildman–Crippen LogP) is 5.07. The van der Waals surface area contributed by atoms with E-state index < -0.39 is 4.92 Å². The van der Waals surface area contributed by atoms with Crippen molar-refractivity contribution in [3.63, 3.8) is 0 Å². The quantitative estimate of drug-likeness (QED) is 0.522. The highest BCUT2D eigenvalue weighted by Crippen LogP contribution is 2.28. The summed E-state index contributed by atoms with van der Waals surface area (Å²) < 4.78 is 5.61. The lowest BCUT2D eigenvalue weighted by molar-refractivity contribution is -0.384. The molecule has 1 aromatic heterocycles. The molecule has 0 saturated carbocycles. The van der Waals surface area contributed by atoms with Crippen molar-refractivity contribution in [2.45, 2.75) is 6.92 Å². The first-order valence-electron chi connectivity index (χ1n) is 7.36. The number of amides is 1. The van der Waals surface area contributed by atoms with E-state index in [4.69, 9.17) is 16.0 Å². The number of rotatable bonds is 4. The summed E-state index contributed by atoms with van der Waals surface area (Å²) in [5, 5.41) is 14.2. The number of nitro benzene ring substituents is 1. The zero-order valence-electron chi connectivity index (χ0n) is 13.2. The van der Waals surface area contributed by atoms with Crippen LogP contribution in [0.25, 0.3) is 11.3 Å². The normalized spacial score (nSPS) is 10.5. The minimum absolute atomic E-state index is 0.0449. The third-order valence-corrected chi connectivity index (χ3v) is 3.82. The van der Waals surface area contributed by atoms with E-state index >= 15 is 0 Å². The topological polar surface area (TPSA) is 85.4 Å². The third kappa shape index (κ3) is 3.70. The van der Waals surface area contributed by atoms with Crippen molar-refractivity contribution in [1.82, 2.24) is 0 Å². The molecule has 6 nitrogen and oxygen atoms in total. The van der Waals surface area contributed by atoms with Gasteiger partial charge in [-0.25, -0.2) is 0 Å². The number of hydrogen-bond donors (Lipinski definition) is 1. The molecule has 0 aliphatic rings. The van der Waals surface area contributed by atoms with Crippen LogP contribution in [-0.4, -0.2) is 10.8 Å². The predicted molar refractivity (Wildman–Crippen MR) is 94.9 cm³/mol. The van der Waals surface area contributed by atoms with Crippen molar-refractivity contribution in [2.24, 2.45) is 0 Å². The highest BCUT2D eigenvalue weighted by Gasteiger charge is 2.17. The average Bonchev–Trinajstić information content (AvgIpc) is 2.97. The molecule has 0 spiro atoms. The second-order valence-corrected chi connectivity index (χ2v) is 5.79. The number of furan rings is 1. The van der Waals surface area contributed by atoms with Crippen molar-refractivity contribution < 1.29 is 14.1 Å². The van der Waals surface area contributed by atoms with Gasteiger partial charge in [-0.05, 0) is 31.2 Å². The molecule has 0 radical (unpaired) electrons. The van der Waals surface area contributed by atoms with Crippen LogP contribution in [0.15, 0.2) is 59.0 Å². The molecule has 0 unspecified atom stereocenters. The second-order valence-electron chi connectivity index (χ2n) is 5.35. The Morgan fingerprint density at radius 2 is 1.92 bits per heavy atom. The van der Waals surface area contributed by atoms with E-state index in [-0.39, 0.29) is 11.6 Å². The molecule has 0 aliphatic heterocycles. The number of nitrogens with one attached hydrogen (secondary N) is 1. The maximum atomic E-state index is 12.4. The fourth-order valence-corrected chi connectivity index (χ4v) is 2.58. The molecule has 1 N–H and O–H groups in total. The smallest absolute Gasteiger partial charge is 0.270 e. The minimum Gasteiger partial charge on any atom is -0.461 e. The molecule has 2 aromatic carbocycles. The van der Waals surface area contributed by atoms with E-state index in [2.05, 4.69) is 5.32 Å². The first-order valence-corrected chi connectivity index (χ1v) is 7.74. The lowest BCUT2D eigenvalue weighted by atomic mass is 10.1. The Morgan fingerprint density at radius 1 is 1.16 bits per heavy atom. The number of nitrogens with zero attached hydrogens (tertiary/aromatic N) is 1. The molecule has 0 fully saturated rings. The Kier molecular flexibility index (Phi) is 4.54. The van der Waals surface area contributed by atoms with Gasteiger partial charge in [-0.3, -0.25) is 14.9 Å². The Labute approximate surface area is 148 Å². The highest BCUT2D eigenvalue weighted by atomic mass is 35.5. The summed E-state index contributed by atoms with van der Waals surface area (Å²) in [6.45, 7) is 1.66. The average molecular weight is 357 g/mol. The molecule has 25 heavy (non-hydrogen) atoms. The molecule has 0 saturated heterocycles. The molecule has 3 aromatic rings. The van der Waals surface area contributed by atoms with Crippen LogP contribution in [0.2, 0.25) is 5.02 Å². The molecule has 0 atom stereocenters. The summed E-state index contributed by atoms with van der Waals surface area (Å²) in [5.41, 5.74) is 1.40.